The van der Waals surface area contributed by atoms with Crippen molar-refractivity contribution >= 4 is 17.3 Å². The number of fused-ring (bicyclic) bond motifs is 1. The molecule has 2 amide bonds. The van der Waals surface area contributed by atoms with Crippen molar-refractivity contribution in [3.05, 3.63) is 53.9 Å². The lowest BCUT2D eigenvalue weighted by Crippen LogP contribution is -2.59. The standard InChI is InChI=1S/C27H32N4O6/c1-26(2,35)15-36-19-4-6-22-16(13-29-31(22)14-19)7-24(33)30-17-9-27(10-17)11-20(12-27)37-23-8-18(32)3-5-21(23)25(28)34/h3-6,8,13-14,17,20,32,35H,7,9-12,15H2,1-2H3,(H2,28,34)(H,30,33). The van der Waals surface area contributed by atoms with E-state index < -0.39 is 11.5 Å². The number of hydrogen-bond acceptors (Lipinski definition) is 7. The van der Waals surface area contributed by atoms with Gasteiger partial charge in [-0.15, -0.1) is 0 Å². The van der Waals surface area contributed by atoms with Gasteiger partial charge in [-0.25, -0.2) is 4.52 Å². The van der Waals surface area contributed by atoms with Gasteiger partial charge in [-0.05, 0) is 69.2 Å². The molecular weight excluding hydrogens is 476 g/mol. The van der Waals surface area contributed by atoms with E-state index >= 15 is 0 Å². The van der Waals surface area contributed by atoms with E-state index in [0.29, 0.717) is 11.5 Å². The van der Waals surface area contributed by atoms with Gasteiger partial charge in [0.15, 0.2) is 0 Å². The molecule has 0 atom stereocenters. The highest BCUT2D eigenvalue weighted by Gasteiger charge is 2.54. The Morgan fingerprint density at radius 1 is 1.22 bits per heavy atom. The van der Waals surface area contributed by atoms with Crippen LogP contribution in [-0.2, 0) is 11.2 Å². The average molecular weight is 509 g/mol. The van der Waals surface area contributed by atoms with Gasteiger partial charge < -0.3 is 30.7 Å². The SMILES string of the molecule is CC(C)(O)COc1ccc2c(CC(=O)NC3CC4(C3)CC(Oc3cc(O)ccc3C(N)=O)C4)cnn2c1. The molecule has 10 nitrogen and oxygen atoms in total. The third-order valence-electron chi connectivity index (χ3n) is 7.08. The first-order valence-corrected chi connectivity index (χ1v) is 12.4. The van der Waals surface area contributed by atoms with Gasteiger partial charge in [-0.2, -0.15) is 5.10 Å². The number of rotatable bonds is 9. The number of hydrogen-bond donors (Lipinski definition) is 4. The molecule has 2 aliphatic rings. The molecule has 0 saturated heterocycles. The summed E-state index contributed by atoms with van der Waals surface area (Å²) in [6, 6.07) is 8.08. The van der Waals surface area contributed by atoms with Crippen LogP contribution >= 0.6 is 0 Å². The smallest absolute Gasteiger partial charge is 0.252 e. The third kappa shape index (κ3) is 5.48. The molecule has 2 aliphatic carbocycles. The van der Waals surface area contributed by atoms with Gasteiger partial charge in [0.25, 0.3) is 5.91 Å². The number of benzene rings is 1. The molecule has 0 unspecified atom stereocenters. The van der Waals surface area contributed by atoms with Gasteiger partial charge in [-0.1, -0.05) is 0 Å². The summed E-state index contributed by atoms with van der Waals surface area (Å²) in [7, 11) is 0. The van der Waals surface area contributed by atoms with Crippen LogP contribution in [0.25, 0.3) is 5.52 Å². The third-order valence-corrected chi connectivity index (χ3v) is 7.08. The van der Waals surface area contributed by atoms with Crippen LogP contribution in [0.2, 0.25) is 0 Å². The van der Waals surface area contributed by atoms with Gasteiger partial charge in [-0.3, -0.25) is 9.59 Å². The fraction of sp³-hybridized carbons (Fsp3) is 0.444. The number of phenolic OH excluding ortho intramolecular Hbond substituents is 1. The largest absolute Gasteiger partial charge is 0.508 e. The van der Waals surface area contributed by atoms with Crippen molar-refractivity contribution < 1.29 is 29.3 Å². The Labute approximate surface area is 214 Å². The lowest BCUT2D eigenvalue weighted by Gasteiger charge is -2.57. The van der Waals surface area contributed by atoms with Crippen molar-refractivity contribution in [1.82, 2.24) is 14.9 Å². The predicted molar refractivity (Wildman–Crippen MR) is 135 cm³/mol. The summed E-state index contributed by atoms with van der Waals surface area (Å²) in [5.41, 5.74) is 6.53. The topological polar surface area (TPSA) is 148 Å². The summed E-state index contributed by atoms with van der Waals surface area (Å²) in [6.45, 7) is 3.51. The zero-order valence-corrected chi connectivity index (χ0v) is 20.9. The number of aromatic hydroxyl groups is 1. The molecule has 5 rings (SSSR count). The molecule has 2 aromatic heterocycles. The van der Waals surface area contributed by atoms with E-state index in [0.717, 1.165) is 36.8 Å². The first-order chi connectivity index (χ1) is 17.5. The van der Waals surface area contributed by atoms with Crippen molar-refractivity contribution in [3.8, 4) is 17.2 Å². The number of phenols is 1. The number of nitrogens with one attached hydrogen (secondary N) is 1. The van der Waals surface area contributed by atoms with E-state index in [1.54, 1.807) is 36.8 Å². The number of nitrogens with two attached hydrogens (primary N) is 1. The number of carbonyl (C=O) groups excluding carboxylic acids is 2. The van der Waals surface area contributed by atoms with Gasteiger partial charge >= 0.3 is 0 Å². The van der Waals surface area contributed by atoms with E-state index in [1.165, 1.54) is 18.2 Å². The second-order valence-electron chi connectivity index (χ2n) is 11.0. The molecule has 2 heterocycles. The molecule has 3 aromatic rings. The van der Waals surface area contributed by atoms with Crippen molar-refractivity contribution in [2.45, 2.75) is 63.7 Å². The predicted octanol–water partition coefficient (Wildman–Crippen LogP) is 2.34. The molecule has 0 radical (unpaired) electrons. The van der Waals surface area contributed by atoms with Crippen molar-refractivity contribution in [2.75, 3.05) is 6.61 Å². The number of amides is 2. The van der Waals surface area contributed by atoms with Crippen molar-refractivity contribution in [2.24, 2.45) is 11.1 Å². The van der Waals surface area contributed by atoms with Crippen LogP contribution in [0.1, 0.15) is 55.5 Å². The molecule has 5 N–H and O–H groups in total. The average Bonchev–Trinajstić information content (AvgIpc) is 3.16. The molecule has 0 aliphatic heterocycles. The van der Waals surface area contributed by atoms with E-state index in [-0.39, 0.29) is 47.8 Å². The lowest BCUT2D eigenvalue weighted by molar-refractivity contribution is -0.126. The molecule has 0 bridgehead atoms. The minimum absolute atomic E-state index is 0.0196. The number of aromatic nitrogens is 2. The summed E-state index contributed by atoms with van der Waals surface area (Å²) in [6.07, 6.45) is 7.04. The maximum atomic E-state index is 12.7. The van der Waals surface area contributed by atoms with Crippen LogP contribution in [0.15, 0.2) is 42.7 Å². The molecule has 10 heteroatoms. The Morgan fingerprint density at radius 2 is 1.97 bits per heavy atom. The summed E-state index contributed by atoms with van der Waals surface area (Å²) >= 11 is 0. The quantitative estimate of drug-likeness (QED) is 0.347. The number of aliphatic hydroxyl groups is 1. The fourth-order valence-electron chi connectivity index (χ4n) is 5.35. The number of nitrogens with zero attached hydrogens (tertiary/aromatic N) is 2. The van der Waals surface area contributed by atoms with Gasteiger partial charge in [0.1, 0.15) is 23.9 Å². The van der Waals surface area contributed by atoms with Crippen LogP contribution in [0, 0.1) is 5.41 Å². The molecule has 1 aromatic carbocycles. The molecule has 37 heavy (non-hydrogen) atoms. The van der Waals surface area contributed by atoms with Crippen LogP contribution in [0.4, 0.5) is 0 Å². The number of ether oxygens (including phenoxy) is 2. The first-order valence-electron chi connectivity index (χ1n) is 12.4. The van der Waals surface area contributed by atoms with E-state index in [9.17, 15) is 19.8 Å². The second-order valence-corrected chi connectivity index (χ2v) is 11.0. The van der Waals surface area contributed by atoms with Crippen molar-refractivity contribution in [3.63, 3.8) is 0 Å². The summed E-state index contributed by atoms with van der Waals surface area (Å²) < 4.78 is 13.2. The summed E-state index contributed by atoms with van der Waals surface area (Å²) in [5.74, 6) is 0.273. The molecule has 2 saturated carbocycles. The maximum Gasteiger partial charge on any atom is 0.252 e. The van der Waals surface area contributed by atoms with Gasteiger partial charge in [0.2, 0.25) is 5.91 Å². The molecule has 2 fully saturated rings. The van der Waals surface area contributed by atoms with E-state index in [1.807, 2.05) is 6.07 Å². The normalized spacial score (nSPS) is 22.8. The Kier molecular flexibility index (Phi) is 6.23. The molecule has 196 valence electrons. The lowest BCUT2D eigenvalue weighted by atomic mass is 9.53. The number of pyridine rings is 1. The minimum Gasteiger partial charge on any atom is -0.508 e. The highest BCUT2D eigenvalue weighted by molar-refractivity contribution is 5.95. The second kappa shape index (κ2) is 9.26. The minimum atomic E-state index is -0.934. The zero-order chi connectivity index (χ0) is 26.4. The molecular formula is C27H32N4O6. The van der Waals surface area contributed by atoms with Crippen LogP contribution in [0.5, 0.6) is 17.2 Å². The highest BCUT2D eigenvalue weighted by Crippen LogP contribution is 2.57. The van der Waals surface area contributed by atoms with E-state index in [4.69, 9.17) is 15.2 Å². The summed E-state index contributed by atoms with van der Waals surface area (Å²) in [5, 5.41) is 27.0. The highest BCUT2D eigenvalue weighted by atomic mass is 16.5. The van der Waals surface area contributed by atoms with Crippen LogP contribution in [0.3, 0.4) is 0 Å². The van der Waals surface area contributed by atoms with Crippen molar-refractivity contribution in [1.29, 1.82) is 0 Å². The Hall–Kier alpha value is -3.79. The Bertz CT molecular complexity index is 1330. The van der Waals surface area contributed by atoms with E-state index in [2.05, 4.69) is 10.4 Å². The zero-order valence-electron chi connectivity index (χ0n) is 20.9. The Morgan fingerprint density at radius 3 is 2.68 bits per heavy atom. The van der Waals surface area contributed by atoms with Crippen LogP contribution < -0.4 is 20.5 Å². The van der Waals surface area contributed by atoms with Crippen LogP contribution in [-0.4, -0.2) is 56.0 Å². The van der Waals surface area contributed by atoms with Gasteiger partial charge in [0, 0.05) is 17.7 Å². The fourth-order valence-corrected chi connectivity index (χ4v) is 5.35. The number of carbonyl (C=O) groups is 2. The summed E-state index contributed by atoms with van der Waals surface area (Å²) in [4.78, 5) is 24.3. The Balaban J connectivity index is 1.09. The maximum absolute atomic E-state index is 12.7. The number of primary amides is 1. The monoisotopic (exact) mass is 508 g/mol. The van der Waals surface area contributed by atoms with Gasteiger partial charge in [0.05, 0.1) is 41.6 Å². The molecule has 1 spiro atoms. The first kappa shape index (κ1) is 24.9.